The van der Waals surface area contributed by atoms with Crippen LogP contribution in [-0.2, 0) is 14.3 Å². The summed E-state index contributed by atoms with van der Waals surface area (Å²) in [5.74, 6) is -1.55. The number of carboxylic acids is 1. The van der Waals surface area contributed by atoms with E-state index in [0.29, 0.717) is 12.2 Å². The van der Waals surface area contributed by atoms with E-state index in [0.717, 1.165) is 25.0 Å². The molecule has 0 radical (unpaired) electrons. The van der Waals surface area contributed by atoms with Gasteiger partial charge in [0.1, 0.15) is 18.7 Å². The van der Waals surface area contributed by atoms with Gasteiger partial charge in [0.15, 0.2) is 0 Å². The highest BCUT2D eigenvalue weighted by Crippen LogP contribution is 2.13. The Morgan fingerprint density at radius 1 is 1.45 bits per heavy atom. The van der Waals surface area contributed by atoms with Crippen LogP contribution in [0, 0.1) is 6.92 Å². The van der Waals surface area contributed by atoms with Gasteiger partial charge in [-0.15, -0.1) is 0 Å². The average molecular weight is 306 g/mol. The Bertz CT molecular complexity index is 527. The lowest BCUT2D eigenvalue weighted by Gasteiger charge is -2.18. The number of benzene rings is 1. The highest BCUT2D eigenvalue weighted by Gasteiger charge is 2.23. The molecule has 6 nitrogen and oxygen atoms in total. The maximum atomic E-state index is 12.0. The van der Waals surface area contributed by atoms with Crippen molar-refractivity contribution < 1.29 is 24.7 Å². The van der Waals surface area contributed by atoms with Crippen molar-refractivity contribution in [2.75, 3.05) is 18.5 Å². The van der Waals surface area contributed by atoms with E-state index in [1.54, 1.807) is 11.4 Å². The molecule has 1 amide bonds. The zero-order valence-corrected chi connectivity index (χ0v) is 12.7. The van der Waals surface area contributed by atoms with Crippen molar-refractivity contribution in [2.24, 2.45) is 0 Å². The van der Waals surface area contributed by atoms with Gasteiger partial charge in [-0.25, -0.2) is 0 Å². The first-order chi connectivity index (χ1) is 10.6. The molecule has 0 spiro atoms. The number of amides is 1. The number of nitrogens with one attached hydrogen (secondary N) is 1. The summed E-state index contributed by atoms with van der Waals surface area (Å²) in [4.78, 5) is 23.2. The number of para-hydroxylation sites is 1. The lowest BCUT2D eigenvalue weighted by atomic mass is 10.1. The number of carboxylic acid groups (broad SMARTS) is 1. The largest absolute Gasteiger partial charge is 0.544 e. The summed E-state index contributed by atoms with van der Waals surface area (Å²) in [6.07, 6.45) is 1.89. The van der Waals surface area contributed by atoms with Crippen molar-refractivity contribution in [1.29, 1.82) is 0 Å². The molecule has 0 bridgehead atoms. The van der Waals surface area contributed by atoms with Gasteiger partial charge < -0.3 is 25.3 Å². The Morgan fingerprint density at radius 2 is 2.23 bits per heavy atom. The minimum atomic E-state index is -1.22. The molecule has 2 atom stereocenters. The van der Waals surface area contributed by atoms with Crippen LogP contribution in [0.5, 0.6) is 0 Å². The van der Waals surface area contributed by atoms with Crippen LogP contribution in [0.2, 0.25) is 0 Å². The van der Waals surface area contributed by atoms with E-state index < -0.39 is 12.0 Å². The summed E-state index contributed by atoms with van der Waals surface area (Å²) in [5, 5.41) is 15.6. The molecule has 3 N–H and O–H groups in total. The van der Waals surface area contributed by atoms with Gasteiger partial charge in [-0.1, -0.05) is 18.2 Å². The third-order valence-electron chi connectivity index (χ3n) is 3.83. The fraction of sp³-hybridized carbons (Fsp3) is 0.500. The van der Waals surface area contributed by atoms with E-state index in [2.05, 4.69) is 5.32 Å². The molecule has 1 aliphatic heterocycles. The van der Waals surface area contributed by atoms with Crippen molar-refractivity contribution in [1.82, 2.24) is 0 Å². The van der Waals surface area contributed by atoms with Gasteiger partial charge >= 0.3 is 0 Å². The van der Waals surface area contributed by atoms with Crippen LogP contribution < -0.4 is 15.7 Å². The second kappa shape index (κ2) is 7.91. The van der Waals surface area contributed by atoms with E-state index in [9.17, 15) is 14.7 Å². The standard InChI is InChI=1S/C16H22N2O4/c1-11-5-2-3-7-13(11)18-15(19)9-14(16(20)21)17-10-12-6-4-8-22-12/h2-3,5,7,12,14,17H,4,6,8-10H2,1H3,(H,18,19)(H,20,21)/t12-,14-/m0/s1. The van der Waals surface area contributed by atoms with Gasteiger partial charge in [0.05, 0.1) is 12.4 Å². The molecule has 0 saturated carbocycles. The quantitative estimate of drug-likeness (QED) is 0.688. The molecule has 6 heteroatoms. The summed E-state index contributed by atoms with van der Waals surface area (Å²) >= 11 is 0. The van der Waals surface area contributed by atoms with Gasteiger partial charge in [-0.05, 0) is 31.4 Å². The molecule has 120 valence electrons. The number of hydrogen-bond donors (Lipinski definition) is 2. The highest BCUT2D eigenvalue weighted by molar-refractivity contribution is 5.93. The van der Waals surface area contributed by atoms with Gasteiger partial charge in [0.25, 0.3) is 0 Å². The highest BCUT2D eigenvalue weighted by atomic mass is 16.5. The van der Waals surface area contributed by atoms with Crippen LogP contribution in [0.4, 0.5) is 5.69 Å². The maximum Gasteiger partial charge on any atom is 0.230 e. The molecule has 22 heavy (non-hydrogen) atoms. The van der Waals surface area contributed by atoms with E-state index in [1.807, 2.05) is 25.1 Å². The van der Waals surface area contributed by atoms with Crippen LogP contribution in [0.15, 0.2) is 24.3 Å². The number of quaternary nitrogens is 1. The van der Waals surface area contributed by atoms with Gasteiger partial charge in [0, 0.05) is 12.3 Å². The molecular formula is C16H22N2O4. The number of rotatable bonds is 7. The van der Waals surface area contributed by atoms with Crippen molar-refractivity contribution in [2.45, 2.75) is 38.3 Å². The zero-order chi connectivity index (χ0) is 15.9. The first-order valence-electron chi connectivity index (χ1n) is 7.57. The third kappa shape index (κ3) is 4.82. The summed E-state index contributed by atoms with van der Waals surface area (Å²) < 4.78 is 5.45. The monoisotopic (exact) mass is 306 g/mol. The SMILES string of the molecule is Cc1ccccc1NC(=O)C[C@H]([NH2+]C[C@@H]1CCCO1)C(=O)[O-]. The Morgan fingerprint density at radius 3 is 2.86 bits per heavy atom. The van der Waals surface area contributed by atoms with Crippen LogP contribution >= 0.6 is 0 Å². The number of anilines is 1. The topological polar surface area (TPSA) is 95.1 Å². The zero-order valence-electron chi connectivity index (χ0n) is 12.7. The maximum absolute atomic E-state index is 12.0. The molecule has 1 heterocycles. The minimum absolute atomic E-state index is 0.0706. The van der Waals surface area contributed by atoms with Crippen LogP contribution in [0.3, 0.4) is 0 Å². The fourth-order valence-corrected chi connectivity index (χ4v) is 2.52. The molecule has 2 rings (SSSR count). The predicted octanol–water partition coefficient (Wildman–Crippen LogP) is -0.815. The number of aliphatic carboxylic acids is 1. The van der Waals surface area contributed by atoms with E-state index in [4.69, 9.17) is 4.74 Å². The minimum Gasteiger partial charge on any atom is -0.544 e. The fourth-order valence-electron chi connectivity index (χ4n) is 2.52. The second-order valence-electron chi connectivity index (χ2n) is 5.60. The van der Waals surface area contributed by atoms with Crippen molar-refractivity contribution in [3.63, 3.8) is 0 Å². The van der Waals surface area contributed by atoms with Gasteiger partial charge in [-0.3, -0.25) is 4.79 Å². The molecule has 1 fully saturated rings. The van der Waals surface area contributed by atoms with Crippen LogP contribution in [0.25, 0.3) is 0 Å². The molecule has 0 aromatic heterocycles. The summed E-state index contributed by atoms with van der Waals surface area (Å²) in [7, 11) is 0. The second-order valence-corrected chi connectivity index (χ2v) is 5.60. The Balaban J connectivity index is 1.85. The average Bonchev–Trinajstić information content (AvgIpc) is 2.99. The molecule has 1 aliphatic rings. The van der Waals surface area contributed by atoms with Crippen molar-refractivity contribution >= 4 is 17.6 Å². The number of ether oxygens (including phenoxy) is 1. The third-order valence-corrected chi connectivity index (χ3v) is 3.83. The molecule has 1 aromatic rings. The summed E-state index contributed by atoms with van der Waals surface area (Å²) in [6, 6.07) is 6.48. The van der Waals surface area contributed by atoms with Crippen LogP contribution in [0.1, 0.15) is 24.8 Å². The Kier molecular flexibility index (Phi) is 5.91. The van der Waals surface area contributed by atoms with Crippen molar-refractivity contribution in [3.8, 4) is 0 Å². The molecule has 1 aromatic carbocycles. The van der Waals surface area contributed by atoms with Crippen LogP contribution in [-0.4, -0.2) is 37.2 Å². The van der Waals surface area contributed by atoms with E-state index >= 15 is 0 Å². The number of carbonyl (C=O) groups excluding carboxylic acids is 2. The van der Waals surface area contributed by atoms with Gasteiger partial charge in [-0.2, -0.15) is 0 Å². The molecule has 1 saturated heterocycles. The lowest BCUT2D eigenvalue weighted by molar-refractivity contribution is -0.687. The Labute approximate surface area is 129 Å². The van der Waals surface area contributed by atoms with E-state index in [-0.39, 0.29) is 18.4 Å². The first kappa shape index (κ1) is 16.5. The predicted molar refractivity (Wildman–Crippen MR) is 79.0 cm³/mol. The molecule has 0 aliphatic carbocycles. The smallest absolute Gasteiger partial charge is 0.230 e. The van der Waals surface area contributed by atoms with Gasteiger partial charge in [0.2, 0.25) is 5.91 Å². The first-order valence-corrected chi connectivity index (χ1v) is 7.57. The number of nitrogens with two attached hydrogens (primary N) is 1. The Hall–Kier alpha value is -1.92. The molecular weight excluding hydrogens is 284 g/mol. The number of carbonyl (C=O) groups is 2. The normalized spacial score (nSPS) is 18.9. The van der Waals surface area contributed by atoms with Crippen molar-refractivity contribution in [3.05, 3.63) is 29.8 Å². The summed E-state index contributed by atoms with van der Waals surface area (Å²) in [6.45, 7) is 3.15. The number of hydrogen-bond acceptors (Lipinski definition) is 4. The lowest BCUT2D eigenvalue weighted by Crippen LogP contribution is -2.94. The van der Waals surface area contributed by atoms with E-state index in [1.165, 1.54) is 0 Å². The summed E-state index contributed by atoms with van der Waals surface area (Å²) in [5.41, 5.74) is 1.63. The molecule has 0 unspecified atom stereocenters. The number of aryl methyl sites for hydroxylation is 1.